The fraction of sp³-hybridized carbons (Fsp3) is 0.600. The Kier molecular flexibility index (Phi) is 13.4. The van der Waals surface area contributed by atoms with Gasteiger partial charge >= 0.3 is 66.0 Å². The van der Waals surface area contributed by atoms with Gasteiger partial charge in [-0.15, -0.1) is 0 Å². The van der Waals surface area contributed by atoms with Gasteiger partial charge in [0, 0.05) is 16.5 Å². The molecule has 0 aliphatic heterocycles. The third-order valence-corrected chi connectivity index (χ3v) is 4.81. The molecule has 2 aromatic rings. The summed E-state index contributed by atoms with van der Waals surface area (Å²) in [6, 6.07) is -0.396. The molecule has 260 valence electrons. The monoisotopic (exact) mass is 738 g/mol. The van der Waals surface area contributed by atoms with Crippen molar-refractivity contribution in [3.63, 3.8) is 0 Å². The second-order valence-electron chi connectivity index (χ2n) is 9.39. The summed E-state index contributed by atoms with van der Waals surface area (Å²) in [5.74, 6) is 0. The Bertz CT molecular complexity index is 1130. The molecule has 2 aromatic heterocycles. The smallest absolute Gasteiger partial charge is 0 e. The summed E-state index contributed by atoms with van der Waals surface area (Å²) in [7, 11) is -17.4. The molecule has 43 heavy (non-hydrogen) atoms. The Morgan fingerprint density at radius 1 is 0.651 bits per heavy atom. The number of aliphatic hydroxyl groups excluding tert-OH is 2. The van der Waals surface area contributed by atoms with Crippen LogP contribution in [-0.2, 0) is 30.6 Å². The summed E-state index contributed by atoms with van der Waals surface area (Å²) in [6.45, 7) is 8.49. The molecule has 0 spiro atoms. The van der Waals surface area contributed by atoms with Crippen LogP contribution in [0.15, 0.2) is 47.4 Å². The second kappa shape index (κ2) is 13.3. The van der Waals surface area contributed by atoms with Crippen LogP contribution in [0.5, 0.6) is 0 Å². The molecule has 0 saturated heterocycles. The van der Waals surface area contributed by atoms with Crippen molar-refractivity contribution in [3.8, 4) is 0 Å². The van der Waals surface area contributed by atoms with Crippen LogP contribution in [0.3, 0.4) is 0 Å². The number of imidazole rings is 2. The molecule has 8 nitrogen and oxygen atoms in total. The molecule has 0 aliphatic carbocycles. The molecule has 2 rings (SSSR count). The van der Waals surface area contributed by atoms with Gasteiger partial charge in [-0.05, 0) is 27.7 Å². The van der Waals surface area contributed by atoms with Crippen LogP contribution >= 0.6 is 15.6 Å². The standard InChI is InChI=1S/C20H34N6O2.2F6P.Ni/c1-15(19(17(3)27)25-11-9-23(5)13-25)21-7-8-22-16(2)20(18(4)28)26-12-10-24(6)14-26;2*1-7(2,3,4,5)6;/h9-14,17-20,27-28H,7-8H2,1-6H3;;;/q+2;2*-1;. The number of nitrogens with zero attached hydrogens (tertiary/aromatic N) is 6. The predicted octanol–water partition coefficient (Wildman–Crippen LogP) is 7.17. The van der Waals surface area contributed by atoms with Gasteiger partial charge in [0.15, 0.2) is 12.1 Å². The Labute approximate surface area is 249 Å². The molecular formula is C20H34F12N6NiO2P2. The first kappa shape index (κ1) is 43.3. The average Bonchev–Trinajstić information content (AvgIpc) is 3.28. The number of aromatic nitrogens is 4. The molecule has 0 bridgehead atoms. The minimum atomic E-state index is -10.7. The van der Waals surface area contributed by atoms with E-state index in [4.69, 9.17) is 0 Å². The van der Waals surface area contributed by atoms with E-state index in [0.717, 1.165) is 11.4 Å². The third-order valence-electron chi connectivity index (χ3n) is 4.81. The van der Waals surface area contributed by atoms with E-state index >= 15 is 0 Å². The van der Waals surface area contributed by atoms with Gasteiger partial charge in [-0.25, -0.2) is 18.3 Å². The predicted molar refractivity (Wildman–Crippen MR) is 136 cm³/mol. The van der Waals surface area contributed by atoms with Crippen LogP contribution in [0.4, 0.5) is 50.4 Å². The van der Waals surface area contributed by atoms with Crippen molar-refractivity contribution in [2.45, 2.75) is 52.0 Å². The second-order valence-corrected chi connectivity index (χ2v) is 13.2. The average molecular weight is 739 g/mol. The quantitative estimate of drug-likeness (QED) is 0.0715. The molecule has 4 atom stereocenters. The molecule has 2 N–H and O–H groups in total. The van der Waals surface area contributed by atoms with Crippen molar-refractivity contribution in [1.29, 1.82) is 0 Å². The van der Waals surface area contributed by atoms with Gasteiger partial charge in [0.2, 0.25) is 12.7 Å². The minimum absolute atomic E-state index is 0. The van der Waals surface area contributed by atoms with Crippen molar-refractivity contribution in [2.75, 3.05) is 13.1 Å². The van der Waals surface area contributed by atoms with Gasteiger partial charge in [0.25, 0.3) is 0 Å². The molecule has 0 aliphatic rings. The largest absolute Gasteiger partial charge is 0 e. The molecule has 0 amide bonds. The summed E-state index contributed by atoms with van der Waals surface area (Å²) < 4.78 is 126. The number of aryl methyl sites for hydroxylation is 2. The first-order valence-corrected chi connectivity index (χ1v) is 15.7. The summed E-state index contributed by atoms with van der Waals surface area (Å²) in [5.41, 5.74) is 1.73. The molecule has 4 unspecified atom stereocenters. The first-order valence-electron chi connectivity index (χ1n) is 11.7. The maximum atomic E-state index is 10.2. The molecule has 0 fully saturated rings. The molecular weight excluding hydrogens is 705 g/mol. The molecule has 2 heterocycles. The number of aliphatic imine (C=N–C) groups is 2. The van der Waals surface area contributed by atoms with Gasteiger partial charge in [-0.1, -0.05) is 0 Å². The van der Waals surface area contributed by atoms with Crippen LogP contribution < -0.4 is 9.13 Å². The first-order chi connectivity index (χ1) is 18.1. The summed E-state index contributed by atoms with van der Waals surface area (Å²) in [6.07, 6.45) is 10.5. The third kappa shape index (κ3) is 26.3. The fourth-order valence-electron chi connectivity index (χ4n) is 3.54. The van der Waals surface area contributed by atoms with Crippen molar-refractivity contribution in [3.05, 3.63) is 37.4 Å². The molecule has 0 aromatic carbocycles. The van der Waals surface area contributed by atoms with E-state index in [2.05, 4.69) is 9.98 Å². The summed E-state index contributed by atoms with van der Waals surface area (Å²) in [4.78, 5) is 9.26. The minimum Gasteiger partial charge on any atom is 0 e. The summed E-state index contributed by atoms with van der Waals surface area (Å²) in [5, 5.41) is 20.4. The Balaban J connectivity index is 0. The maximum Gasteiger partial charge on any atom is 0 e. The number of rotatable bonds is 9. The van der Waals surface area contributed by atoms with E-state index in [1.54, 1.807) is 13.8 Å². The van der Waals surface area contributed by atoms with Crippen LogP contribution in [0, 0.1) is 0 Å². The molecule has 0 radical (unpaired) electrons. The van der Waals surface area contributed by atoms with Gasteiger partial charge < -0.3 is 10.2 Å². The number of aliphatic hydroxyl groups is 2. The normalized spacial score (nSPS) is 18.9. The topological polar surface area (TPSA) is 82.8 Å². The molecule has 0 saturated carbocycles. The number of hydrogen-bond donors (Lipinski definition) is 2. The van der Waals surface area contributed by atoms with Crippen molar-refractivity contribution < 1.29 is 86.2 Å². The van der Waals surface area contributed by atoms with E-state index in [0.29, 0.717) is 13.1 Å². The number of hydrogen-bond acceptors (Lipinski definition) is 4. The Hall–Kier alpha value is -1.81. The van der Waals surface area contributed by atoms with Crippen LogP contribution in [0.1, 0.15) is 39.8 Å². The van der Waals surface area contributed by atoms with Crippen LogP contribution in [-0.4, -0.2) is 56.1 Å². The SMILES string of the molecule is CC(=NCCN=C(C)C(C(C)O)n1cc[n+](C)c1)C(C(C)O)n1cc[n+](C)c1.F[P-](F)(F)(F)(F)F.F[P-](F)(F)(F)(F)F.[Ni]. The van der Waals surface area contributed by atoms with Gasteiger partial charge in [-0.3, -0.25) is 9.98 Å². The van der Waals surface area contributed by atoms with Gasteiger partial charge in [0.1, 0.15) is 24.8 Å². The van der Waals surface area contributed by atoms with Gasteiger partial charge in [-0.2, -0.15) is 0 Å². The Morgan fingerprint density at radius 2 is 0.884 bits per heavy atom. The van der Waals surface area contributed by atoms with Crippen molar-refractivity contribution in [2.24, 2.45) is 24.1 Å². The van der Waals surface area contributed by atoms with E-state index < -0.39 is 27.8 Å². The van der Waals surface area contributed by atoms with Crippen molar-refractivity contribution >= 4 is 27.0 Å². The van der Waals surface area contributed by atoms with Crippen LogP contribution in [0.25, 0.3) is 0 Å². The zero-order chi connectivity index (χ0) is 33.7. The number of halogens is 12. The zero-order valence-electron chi connectivity index (χ0n) is 23.5. The zero-order valence-corrected chi connectivity index (χ0v) is 26.3. The van der Waals surface area contributed by atoms with E-state index in [-0.39, 0.29) is 28.6 Å². The van der Waals surface area contributed by atoms with Gasteiger partial charge in [0.05, 0.1) is 50.8 Å². The summed E-state index contributed by atoms with van der Waals surface area (Å²) >= 11 is 0. The Morgan fingerprint density at radius 3 is 1.05 bits per heavy atom. The maximum absolute atomic E-state index is 10.7. The van der Waals surface area contributed by atoms with E-state index in [1.165, 1.54) is 0 Å². The molecule has 23 heteroatoms. The fourth-order valence-corrected chi connectivity index (χ4v) is 3.54. The van der Waals surface area contributed by atoms with E-state index in [9.17, 15) is 60.6 Å². The van der Waals surface area contributed by atoms with E-state index in [1.807, 2.05) is 83.7 Å². The van der Waals surface area contributed by atoms with Crippen molar-refractivity contribution in [1.82, 2.24) is 9.13 Å². The van der Waals surface area contributed by atoms with Crippen LogP contribution in [0.2, 0.25) is 0 Å².